The molecule has 0 aromatic carbocycles. The first-order valence-electron chi connectivity index (χ1n) is 4.73. The van der Waals surface area contributed by atoms with Crippen LogP contribution in [-0.2, 0) is 11.3 Å². The maximum atomic E-state index is 5.23. The fourth-order valence-electron chi connectivity index (χ4n) is 1.07. The van der Waals surface area contributed by atoms with E-state index in [1.165, 1.54) is 5.56 Å². The van der Waals surface area contributed by atoms with Gasteiger partial charge in [0.2, 0.25) is 0 Å². The minimum atomic E-state index is 0. The normalized spacial score (nSPS) is 9.79. The first kappa shape index (κ1) is 13.9. The second-order valence-corrected chi connectivity index (χ2v) is 3.64. The molecule has 1 aromatic rings. The van der Waals surface area contributed by atoms with Crippen LogP contribution < -0.4 is 5.32 Å². The number of ether oxygens (including phenoxy) is 1. The lowest BCUT2D eigenvalue weighted by Gasteiger charge is -2.03. The van der Waals surface area contributed by atoms with Crippen molar-refractivity contribution in [3.8, 4) is 0 Å². The molecular weight excluding hydrogens is 218 g/mol. The molecule has 0 fully saturated rings. The molecule has 1 aromatic heterocycles. The fourth-order valence-corrected chi connectivity index (χ4v) is 1.74. The molecule has 2 nitrogen and oxygen atoms in total. The number of rotatable bonds is 7. The van der Waals surface area contributed by atoms with Gasteiger partial charge in [0.1, 0.15) is 0 Å². The molecule has 82 valence electrons. The SMILES string of the molecule is CCOCCCNCc1ccsc1.Cl. The smallest absolute Gasteiger partial charge is 0.0477 e. The zero-order valence-corrected chi connectivity index (χ0v) is 10.1. The summed E-state index contributed by atoms with van der Waals surface area (Å²) in [6.07, 6.45) is 1.10. The maximum absolute atomic E-state index is 5.23. The number of hydrogen-bond acceptors (Lipinski definition) is 3. The van der Waals surface area contributed by atoms with Crippen molar-refractivity contribution in [1.82, 2.24) is 5.32 Å². The molecular formula is C10H18ClNOS. The largest absolute Gasteiger partial charge is 0.382 e. The molecule has 1 N–H and O–H groups in total. The van der Waals surface area contributed by atoms with Crippen LogP contribution in [0.15, 0.2) is 16.8 Å². The molecule has 1 heterocycles. The molecule has 4 heteroatoms. The van der Waals surface area contributed by atoms with Crippen molar-refractivity contribution < 1.29 is 4.74 Å². The maximum Gasteiger partial charge on any atom is 0.0477 e. The molecule has 0 aliphatic carbocycles. The second-order valence-electron chi connectivity index (χ2n) is 2.86. The summed E-state index contributed by atoms with van der Waals surface area (Å²) in [5.41, 5.74) is 1.38. The van der Waals surface area contributed by atoms with E-state index in [4.69, 9.17) is 4.74 Å². The Balaban J connectivity index is 0.00000169. The lowest BCUT2D eigenvalue weighted by Crippen LogP contribution is -2.15. The van der Waals surface area contributed by atoms with Gasteiger partial charge in [-0.05, 0) is 42.3 Å². The number of hydrogen-bond donors (Lipinski definition) is 1. The molecule has 14 heavy (non-hydrogen) atoms. The highest BCUT2D eigenvalue weighted by Gasteiger charge is 1.91. The molecule has 0 saturated heterocycles. The van der Waals surface area contributed by atoms with Gasteiger partial charge in [0.05, 0.1) is 0 Å². The van der Waals surface area contributed by atoms with E-state index in [-0.39, 0.29) is 12.4 Å². The Morgan fingerprint density at radius 3 is 3.00 bits per heavy atom. The molecule has 0 spiro atoms. The van der Waals surface area contributed by atoms with Crippen molar-refractivity contribution >= 4 is 23.7 Å². The van der Waals surface area contributed by atoms with E-state index >= 15 is 0 Å². The average Bonchev–Trinajstić information content (AvgIpc) is 2.63. The summed E-state index contributed by atoms with van der Waals surface area (Å²) < 4.78 is 5.23. The zero-order chi connectivity index (χ0) is 9.36. The lowest BCUT2D eigenvalue weighted by atomic mass is 10.3. The molecule has 0 amide bonds. The number of nitrogens with one attached hydrogen (secondary N) is 1. The Morgan fingerprint density at radius 2 is 2.36 bits per heavy atom. The summed E-state index contributed by atoms with van der Waals surface area (Å²) in [5, 5.41) is 7.66. The summed E-state index contributed by atoms with van der Waals surface area (Å²) in [5.74, 6) is 0. The average molecular weight is 236 g/mol. The van der Waals surface area contributed by atoms with E-state index in [1.807, 2.05) is 6.92 Å². The summed E-state index contributed by atoms with van der Waals surface area (Å²) in [7, 11) is 0. The third-order valence-electron chi connectivity index (χ3n) is 1.76. The van der Waals surface area contributed by atoms with Crippen molar-refractivity contribution in [2.75, 3.05) is 19.8 Å². The zero-order valence-electron chi connectivity index (χ0n) is 8.49. The highest BCUT2D eigenvalue weighted by molar-refractivity contribution is 7.07. The number of halogens is 1. The van der Waals surface area contributed by atoms with E-state index in [1.54, 1.807) is 11.3 Å². The lowest BCUT2D eigenvalue weighted by molar-refractivity contribution is 0.144. The molecule has 0 aliphatic heterocycles. The minimum absolute atomic E-state index is 0. The van der Waals surface area contributed by atoms with E-state index < -0.39 is 0 Å². The topological polar surface area (TPSA) is 21.3 Å². The van der Waals surface area contributed by atoms with Crippen molar-refractivity contribution in [3.63, 3.8) is 0 Å². The first-order chi connectivity index (χ1) is 6.43. The van der Waals surface area contributed by atoms with Gasteiger partial charge in [0.15, 0.2) is 0 Å². The van der Waals surface area contributed by atoms with Gasteiger partial charge in [0.25, 0.3) is 0 Å². The van der Waals surface area contributed by atoms with Gasteiger partial charge in [-0.15, -0.1) is 12.4 Å². The Bertz CT molecular complexity index is 204. The van der Waals surface area contributed by atoms with Crippen LogP contribution in [0.5, 0.6) is 0 Å². The monoisotopic (exact) mass is 235 g/mol. The van der Waals surface area contributed by atoms with Crippen LogP contribution in [-0.4, -0.2) is 19.8 Å². The van der Waals surface area contributed by atoms with Crippen LogP contribution in [0.2, 0.25) is 0 Å². The van der Waals surface area contributed by atoms with Gasteiger partial charge >= 0.3 is 0 Å². The molecule has 0 atom stereocenters. The van der Waals surface area contributed by atoms with Gasteiger partial charge in [-0.1, -0.05) is 0 Å². The third-order valence-corrected chi connectivity index (χ3v) is 2.49. The van der Waals surface area contributed by atoms with Crippen molar-refractivity contribution in [1.29, 1.82) is 0 Å². The van der Waals surface area contributed by atoms with Crippen LogP contribution in [0.4, 0.5) is 0 Å². The van der Waals surface area contributed by atoms with Crippen LogP contribution in [0.3, 0.4) is 0 Å². The Kier molecular flexibility index (Phi) is 9.40. The Morgan fingerprint density at radius 1 is 1.50 bits per heavy atom. The van der Waals surface area contributed by atoms with Gasteiger partial charge in [-0.2, -0.15) is 11.3 Å². The van der Waals surface area contributed by atoms with Gasteiger partial charge in [0, 0.05) is 19.8 Å². The quantitative estimate of drug-likeness (QED) is 0.734. The minimum Gasteiger partial charge on any atom is -0.382 e. The van der Waals surface area contributed by atoms with Crippen molar-refractivity contribution in [2.24, 2.45) is 0 Å². The molecule has 0 bridgehead atoms. The van der Waals surface area contributed by atoms with E-state index in [9.17, 15) is 0 Å². The van der Waals surface area contributed by atoms with Crippen LogP contribution in [0, 0.1) is 0 Å². The first-order valence-corrected chi connectivity index (χ1v) is 5.67. The highest BCUT2D eigenvalue weighted by atomic mass is 35.5. The van der Waals surface area contributed by atoms with Crippen LogP contribution in [0.1, 0.15) is 18.9 Å². The fraction of sp³-hybridized carbons (Fsp3) is 0.600. The van der Waals surface area contributed by atoms with Crippen LogP contribution in [0.25, 0.3) is 0 Å². The summed E-state index contributed by atoms with van der Waals surface area (Å²) in [6, 6.07) is 2.15. The molecule has 0 unspecified atom stereocenters. The molecule has 1 rings (SSSR count). The van der Waals surface area contributed by atoms with Crippen molar-refractivity contribution in [2.45, 2.75) is 19.9 Å². The second kappa shape index (κ2) is 9.46. The predicted molar refractivity (Wildman–Crippen MR) is 64.4 cm³/mol. The summed E-state index contributed by atoms with van der Waals surface area (Å²) in [6.45, 7) is 5.74. The van der Waals surface area contributed by atoms with Crippen LogP contribution >= 0.6 is 23.7 Å². The van der Waals surface area contributed by atoms with E-state index in [0.717, 1.165) is 32.7 Å². The van der Waals surface area contributed by atoms with E-state index in [0.29, 0.717) is 0 Å². The van der Waals surface area contributed by atoms with Crippen molar-refractivity contribution in [3.05, 3.63) is 22.4 Å². The van der Waals surface area contributed by atoms with E-state index in [2.05, 4.69) is 22.1 Å². The highest BCUT2D eigenvalue weighted by Crippen LogP contribution is 2.04. The third kappa shape index (κ3) is 6.38. The standard InChI is InChI=1S/C10H17NOS.ClH/c1-2-12-6-3-5-11-8-10-4-7-13-9-10;/h4,7,9,11H,2-3,5-6,8H2,1H3;1H. The summed E-state index contributed by atoms with van der Waals surface area (Å²) in [4.78, 5) is 0. The van der Waals surface area contributed by atoms with Gasteiger partial charge in [-0.25, -0.2) is 0 Å². The predicted octanol–water partition coefficient (Wildman–Crippen LogP) is 2.69. The van der Waals surface area contributed by atoms with Gasteiger partial charge < -0.3 is 10.1 Å². The van der Waals surface area contributed by atoms with Gasteiger partial charge in [-0.3, -0.25) is 0 Å². The Hall–Kier alpha value is -0.0900. The Labute approximate surface area is 96.1 Å². The number of thiophene rings is 1. The molecule has 0 aliphatic rings. The summed E-state index contributed by atoms with van der Waals surface area (Å²) >= 11 is 1.75. The molecule has 0 saturated carbocycles. The molecule has 0 radical (unpaired) electrons.